The molecule has 1 amide bonds. The van der Waals surface area contributed by atoms with Crippen molar-refractivity contribution in [3.63, 3.8) is 0 Å². The van der Waals surface area contributed by atoms with Crippen LogP contribution < -0.4 is 5.32 Å². The van der Waals surface area contributed by atoms with Crippen molar-refractivity contribution in [1.82, 2.24) is 5.32 Å². The number of hydrogen-bond acceptors (Lipinski definition) is 3. The zero-order valence-electron chi connectivity index (χ0n) is 8.82. The number of carbonyl (C=O) groups excluding carboxylic acids is 1. The standard InChI is InChI=1S/C10H19NO2S/c1-3-7(4-2)10(13)11-8-5-14-6-9(8)12/h7-9,12H,3-6H2,1-2H3,(H,11,13). The van der Waals surface area contributed by atoms with E-state index in [1.54, 1.807) is 11.8 Å². The molecule has 4 heteroatoms. The average molecular weight is 217 g/mol. The van der Waals surface area contributed by atoms with Crippen molar-refractivity contribution in [2.45, 2.75) is 38.8 Å². The molecule has 1 heterocycles. The maximum Gasteiger partial charge on any atom is 0.223 e. The maximum atomic E-state index is 11.7. The van der Waals surface area contributed by atoms with E-state index >= 15 is 0 Å². The largest absolute Gasteiger partial charge is 0.390 e. The molecule has 0 aromatic carbocycles. The highest BCUT2D eigenvalue weighted by Crippen LogP contribution is 2.19. The molecule has 1 saturated heterocycles. The van der Waals surface area contributed by atoms with Crippen LogP contribution >= 0.6 is 11.8 Å². The van der Waals surface area contributed by atoms with E-state index in [2.05, 4.69) is 5.32 Å². The summed E-state index contributed by atoms with van der Waals surface area (Å²) >= 11 is 1.69. The number of hydrogen-bond donors (Lipinski definition) is 2. The fraction of sp³-hybridized carbons (Fsp3) is 0.900. The summed E-state index contributed by atoms with van der Waals surface area (Å²) in [7, 11) is 0. The average Bonchev–Trinajstić information content (AvgIpc) is 2.54. The summed E-state index contributed by atoms with van der Waals surface area (Å²) in [6.45, 7) is 4.04. The third-order valence-corrected chi connectivity index (χ3v) is 3.91. The Morgan fingerprint density at radius 2 is 2.14 bits per heavy atom. The Balaban J connectivity index is 2.39. The lowest BCUT2D eigenvalue weighted by molar-refractivity contribution is -0.126. The first-order chi connectivity index (χ1) is 6.69. The van der Waals surface area contributed by atoms with Gasteiger partial charge in [-0.2, -0.15) is 11.8 Å². The van der Waals surface area contributed by atoms with Gasteiger partial charge in [-0.25, -0.2) is 0 Å². The van der Waals surface area contributed by atoms with E-state index in [1.807, 2.05) is 13.8 Å². The highest BCUT2D eigenvalue weighted by Gasteiger charge is 2.28. The third kappa shape index (κ3) is 2.89. The van der Waals surface area contributed by atoms with Crippen LogP contribution in [0.1, 0.15) is 26.7 Å². The first kappa shape index (κ1) is 11.9. The van der Waals surface area contributed by atoms with Gasteiger partial charge in [-0.15, -0.1) is 0 Å². The summed E-state index contributed by atoms with van der Waals surface area (Å²) in [5, 5.41) is 12.5. The molecule has 0 aromatic rings. The van der Waals surface area contributed by atoms with Gasteiger partial charge in [-0.3, -0.25) is 4.79 Å². The molecule has 0 spiro atoms. The highest BCUT2D eigenvalue weighted by atomic mass is 32.2. The molecule has 0 aromatic heterocycles. The third-order valence-electron chi connectivity index (χ3n) is 2.73. The first-order valence-electron chi connectivity index (χ1n) is 5.25. The van der Waals surface area contributed by atoms with E-state index in [4.69, 9.17) is 0 Å². The van der Waals surface area contributed by atoms with Crippen LogP contribution in [0.4, 0.5) is 0 Å². The number of aliphatic hydroxyl groups excluding tert-OH is 1. The minimum absolute atomic E-state index is 0.0342. The van der Waals surface area contributed by atoms with E-state index in [0.29, 0.717) is 0 Å². The van der Waals surface area contributed by atoms with Gasteiger partial charge >= 0.3 is 0 Å². The van der Waals surface area contributed by atoms with Gasteiger partial charge in [0.15, 0.2) is 0 Å². The SMILES string of the molecule is CCC(CC)C(=O)NC1CSCC1O. The van der Waals surface area contributed by atoms with Crippen LogP contribution in [-0.2, 0) is 4.79 Å². The smallest absolute Gasteiger partial charge is 0.223 e. The lowest BCUT2D eigenvalue weighted by Gasteiger charge is -2.19. The van der Waals surface area contributed by atoms with Gasteiger partial charge in [-0.1, -0.05) is 13.8 Å². The highest BCUT2D eigenvalue weighted by molar-refractivity contribution is 7.99. The number of aliphatic hydroxyl groups is 1. The van der Waals surface area contributed by atoms with Crippen molar-refractivity contribution in [3.05, 3.63) is 0 Å². The van der Waals surface area contributed by atoms with Crippen molar-refractivity contribution in [3.8, 4) is 0 Å². The summed E-state index contributed by atoms with van der Waals surface area (Å²) < 4.78 is 0. The zero-order valence-corrected chi connectivity index (χ0v) is 9.64. The Bertz CT molecular complexity index is 195. The summed E-state index contributed by atoms with van der Waals surface area (Å²) in [5.74, 6) is 1.79. The van der Waals surface area contributed by atoms with Crippen molar-refractivity contribution in [2.24, 2.45) is 5.92 Å². The van der Waals surface area contributed by atoms with Crippen LogP contribution in [0.25, 0.3) is 0 Å². The van der Waals surface area contributed by atoms with E-state index in [9.17, 15) is 9.90 Å². The Morgan fingerprint density at radius 1 is 1.50 bits per heavy atom. The predicted molar refractivity (Wildman–Crippen MR) is 59.3 cm³/mol. The summed E-state index contributed by atoms with van der Waals surface area (Å²) in [5.41, 5.74) is 0. The summed E-state index contributed by atoms with van der Waals surface area (Å²) in [6, 6.07) is -0.0342. The van der Waals surface area contributed by atoms with E-state index in [-0.39, 0.29) is 24.0 Å². The van der Waals surface area contributed by atoms with Crippen molar-refractivity contribution in [2.75, 3.05) is 11.5 Å². The lowest BCUT2D eigenvalue weighted by Crippen LogP contribution is -2.44. The number of amides is 1. The topological polar surface area (TPSA) is 49.3 Å². The van der Waals surface area contributed by atoms with Crippen LogP contribution in [0.5, 0.6) is 0 Å². The fourth-order valence-corrected chi connectivity index (χ4v) is 2.81. The van der Waals surface area contributed by atoms with Crippen LogP contribution in [0.2, 0.25) is 0 Å². The molecular weight excluding hydrogens is 198 g/mol. The Hall–Kier alpha value is -0.220. The van der Waals surface area contributed by atoms with Crippen molar-refractivity contribution in [1.29, 1.82) is 0 Å². The minimum Gasteiger partial charge on any atom is -0.390 e. The normalized spacial score (nSPS) is 26.9. The second kappa shape index (κ2) is 5.61. The number of nitrogens with one attached hydrogen (secondary N) is 1. The molecule has 2 unspecified atom stereocenters. The zero-order chi connectivity index (χ0) is 10.6. The molecule has 0 aliphatic carbocycles. The van der Waals surface area contributed by atoms with Crippen molar-refractivity contribution >= 4 is 17.7 Å². The molecule has 3 nitrogen and oxygen atoms in total. The summed E-state index contributed by atoms with van der Waals surface area (Å²) in [4.78, 5) is 11.7. The van der Waals surface area contributed by atoms with Crippen LogP contribution in [0.15, 0.2) is 0 Å². The molecule has 1 aliphatic heterocycles. The second-order valence-electron chi connectivity index (χ2n) is 3.73. The molecule has 1 rings (SSSR count). The van der Waals surface area contributed by atoms with E-state index in [0.717, 1.165) is 24.3 Å². The maximum absolute atomic E-state index is 11.7. The molecule has 14 heavy (non-hydrogen) atoms. The minimum atomic E-state index is -0.363. The molecule has 0 bridgehead atoms. The first-order valence-corrected chi connectivity index (χ1v) is 6.40. The molecular formula is C10H19NO2S. The molecule has 0 radical (unpaired) electrons. The Kier molecular flexibility index (Phi) is 4.75. The number of rotatable bonds is 4. The van der Waals surface area contributed by atoms with Gasteiger partial charge in [0.1, 0.15) is 0 Å². The second-order valence-corrected chi connectivity index (χ2v) is 4.81. The van der Waals surface area contributed by atoms with Gasteiger partial charge in [0.05, 0.1) is 12.1 Å². The Labute approximate surface area is 89.6 Å². The van der Waals surface area contributed by atoms with Gasteiger partial charge in [0, 0.05) is 17.4 Å². The molecule has 0 saturated carbocycles. The monoisotopic (exact) mass is 217 g/mol. The molecule has 2 N–H and O–H groups in total. The number of thioether (sulfide) groups is 1. The van der Waals surface area contributed by atoms with Crippen LogP contribution in [0.3, 0.4) is 0 Å². The molecule has 1 fully saturated rings. The molecule has 82 valence electrons. The summed E-state index contributed by atoms with van der Waals surface area (Å²) in [6.07, 6.45) is 1.38. The van der Waals surface area contributed by atoms with Crippen LogP contribution in [0, 0.1) is 5.92 Å². The van der Waals surface area contributed by atoms with Gasteiger partial charge < -0.3 is 10.4 Å². The predicted octanol–water partition coefficient (Wildman–Crippen LogP) is 1.02. The quantitative estimate of drug-likeness (QED) is 0.739. The van der Waals surface area contributed by atoms with Crippen molar-refractivity contribution < 1.29 is 9.90 Å². The van der Waals surface area contributed by atoms with Gasteiger partial charge in [0.2, 0.25) is 5.91 Å². The molecule has 1 aliphatic rings. The lowest BCUT2D eigenvalue weighted by atomic mass is 10.0. The van der Waals surface area contributed by atoms with E-state index < -0.39 is 0 Å². The van der Waals surface area contributed by atoms with Gasteiger partial charge in [0.25, 0.3) is 0 Å². The fourth-order valence-electron chi connectivity index (χ4n) is 1.64. The molecule has 2 atom stereocenters. The van der Waals surface area contributed by atoms with Gasteiger partial charge in [-0.05, 0) is 12.8 Å². The number of carbonyl (C=O) groups is 1. The Morgan fingerprint density at radius 3 is 2.57 bits per heavy atom. The van der Waals surface area contributed by atoms with E-state index in [1.165, 1.54) is 0 Å². The van der Waals surface area contributed by atoms with Crippen LogP contribution in [-0.4, -0.2) is 34.7 Å².